The van der Waals surface area contributed by atoms with E-state index in [0.29, 0.717) is 37.4 Å². The van der Waals surface area contributed by atoms with Crippen molar-refractivity contribution in [1.29, 1.82) is 0 Å². The van der Waals surface area contributed by atoms with Crippen molar-refractivity contribution in [1.82, 2.24) is 24.4 Å². The lowest BCUT2D eigenvalue weighted by Crippen LogP contribution is -2.40. The summed E-state index contributed by atoms with van der Waals surface area (Å²) in [5.41, 5.74) is 0.209. The molecule has 4 heterocycles. The molecule has 0 amide bonds. The van der Waals surface area contributed by atoms with Crippen LogP contribution in [0, 0.1) is 5.82 Å². The minimum atomic E-state index is -1.22. The molecule has 1 saturated heterocycles. The molecule has 1 fully saturated rings. The molecule has 0 spiro atoms. The van der Waals surface area contributed by atoms with Crippen molar-refractivity contribution in [2.45, 2.75) is 31.4 Å². The Hall–Kier alpha value is -2.81. The molecule has 9 heteroatoms. The second kappa shape index (κ2) is 5.92. The lowest BCUT2D eigenvalue weighted by Gasteiger charge is -2.21. The molecule has 3 aromatic rings. The van der Waals surface area contributed by atoms with Gasteiger partial charge in [-0.25, -0.2) is 18.9 Å². The Morgan fingerprint density at radius 2 is 2.28 bits per heavy atom. The van der Waals surface area contributed by atoms with Crippen molar-refractivity contribution < 1.29 is 19.0 Å². The lowest BCUT2D eigenvalue weighted by atomic mass is 9.95. The highest BCUT2D eigenvalue weighted by Crippen LogP contribution is 2.29. The summed E-state index contributed by atoms with van der Waals surface area (Å²) in [4.78, 5) is 15.8. The van der Waals surface area contributed by atoms with Crippen LogP contribution in [-0.4, -0.2) is 47.7 Å². The van der Waals surface area contributed by atoms with Gasteiger partial charge in [-0.05, 0) is 25.0 Å². The van der Waals surface area contributed by atoms with Crippen molar-refractivity contribution >= 4 is 11.6 Å². The zero-order valence-electron chi connectivity index (χ0n) is 13.3. The Kier molecular flexibility index (Phi) is 3.72. The zero-order valence-corrected chi connectivity index (χ0v) is 13.3. The minimum absolute atomic E-state index is 0.169. The van der Waals surface area contributed by atoms with Gasteiger partial charge >= 0.3 is 5.97 Å². The first-order chi connectivity index (χ1) is 12.1. The maximum absolute atomic E-state index is 13.7. The number of halogens is 1. The average molecular weight is 345 g/mol. The maximum Gasteiger partial charge on any atom is 0.336 e. The van der Waals surface area contributed by atoms with Gasteiger partial charge in [0.1, 0.15) is 0 Å². The molecular weight excluding hydrogens is 329 g/mol. The molecule has 1 atom stereocenters. The highest BCUT2D eigenvalue weighted by molar-refractivity contribution is 5.78. The first-order valence-corrected chi connectivity index (χ1v) is 7.94. The summed E-state index contributed by atoms with van der Waals surface area (Å²) in [6, 6.07) is 2.96. The van der Waals surface area contributed by atoms with Crippen molar-refractivity contribution in [3.05, 3.63) is 47.9 Å². The van der Waals surface area contributed by atoms with E-state index in [-0.39, 0.29) is 12.1 Å². The van der Waals surface area contributed by atoms with Gasteiger partial charge in [0.2, 0.25) is 0 Å². The third-order valence-corrected chi connectivity index (χ3v) is 4.35. The summed E-state index contributed by atoms with van der Waals surface area (Å²) in [6.45, 7) is 0.752. The highest BCUT2D eigenvalue weighted by atomic mass is 19.1. The quantitative estimate of drug-likeness (QED) is 0.749. The fourth-order valence-electron chi connectivity index (χ4n) is 3.14. The number of hydrogen-bond donors (Lipinski definition) is 1. The fourth-order valence-corrected chi connectivity index (χ4v) is 3.14. The van der Waals surface area contributed by atoms with E-state index in [2.05, 4.69) is 15.3 Å². The standard InChI is InChI=1S/C16H16FN5O3/c17-13-3-1-5-21-8-12(18-14(13)21)10-22-9-11(19-20-22)7-16(15(23)24)4-2-6-25-16/h1,3,5,8-9H,2,4,6-7,10H2,(H,23,24). The summed E-state index contributed by atoms with van der Waals surface area (Å²) < 4.78 is 22.3. The number of ether oxygens (including phenoxy) is 1. The molecule has 0 aliphatic carbocycles. The van der Waals surface area contributed by atoms with Crippen LogP contribution in [0.5, 0.6) is 0 Å². The second-order valence-electron chi connectivity index (χ2n) is 6.15. The smallest absolute Gasteiger partial charge is 0.336 e. The van der Waals surface area contributed by atoms with Gasteiger partial charge < -0.3 is 14.2 Å². The predicted molar refractivity (Wildman–Crippen MR) is 83.5 cm³/mol. The number of aromatic nitrogens is 5. The fraction of sp³-hybridized carbons (Fsp3) is 0.375. The van der Waals surface area contributed by atoms with Gasteiger partial charge in [0, 0.05) is 31.6 Å². The zero-order chi connectivity index (χ0) is 17.4. The van der Waals surface area contributed by atoms with Crippen LogP contribution < -0.4 is 0 Å². The monoisotopic (exact) mass is 345 g/mol. The summed E-state index contributed by atoms with van der Waals surface area (Å²) in [7, 11) is 0. The molecule has 0 aromatic carbocycles. The number of carbonyl (C=O) groups is 1. The van der Waals surface area contributed by atoms with Crippen molar-refractivity contribution in [2.24, 2.45) is 0 Å². The highest BCUT2D eigenvalue weighted by Gasteiger charge is 2.43. The molecule has 1 aliphatic heterocycles. The average Bonchev–Trinajstić information content (AvgIpc) is 3.29. The van der Waals surface area contributed by atoms with Crippen LogP contribution in [-0.2, 0) is 22.5 Å². The second-order valence-corrected chi connectivity index (χ2v) is 6.15. The van der Waals surface area contributed by atoms with Gasteiger partial charge in [0.05, 0.1) is 17.9 Å². The molecule has 0 radical (unpaired) electrons. The number of imidazole rings is 1. The molecule has 0 saturated carbocycles. The largest absolute Gasteiger partial charge is 0.479 e. The number of aliphatic carboxylic acids is 1. The molecule has 25 heavy (non-hydrogen) atoms. The van der Waals surface area contributed by atoms with Crippen LogP contribution in [0.2, 0.25) is 0 Å². The van der Waals surface area contributed by atoms with Crippen LogP contribution in [0.15, 0.2) is 30.7 Å². The Morgan fingerprint density at radius 1 is 1.40 bits per heavy atom. The number of pyridine rings is 1. The van der Waals surface area contributed by atoms with Crippen LogP contribution in [0.25, 0.3) is 5.65 Å². The van der Waals surface area contributed by atoms with Gasteiger partial charge in [-0.3, -0.25) is 0 Å². The third kappa shape index (κ3) is 2.86. The minimum Gasteiger partial charge on any atom is -0.479 e. The van der Waals surface area contributed by atoms with Crippen LogP contribution in [0.3, 0.4) is 0 Å². The van der Waals surface area contributed by atoms with Crippen molar-refractivity contribution in [3.63, 3.8) is 0 Å². The van der Waals surface area contributed by atoms with E-state index in [4.69, 9.17) is 4.74 Å². The Balaban J connectivity index is 1.52. The summed E-state index contributed by atoms with van der Waals surface area (Å²) >= 11 is 0. The Bertz CT molecular complexity index is 929. The molecule has 3 aromatic heterocycles. The molecule has 1 unspecified atom stereocenters. The van der Waals surface area contributed by atoms with E-state index >= 15 is 0 Å². The predicted octanol–water partition coefficient (Wildman–Crippen LogP) is 1.29. The van der Waals surface area contributed by atoms with E-state index in [1.54, 1.807) is 33.7 Å². The van der Waals surface area contributed by atoms with E-state index in [0.717, 1.165) is 0 Å². The SMILES string of the molecule is O=C(O)C1(Cc2cn(Cc3cn4cccc(F)c4n3)nn2)CCCO1. The number of carboxylic acid groups (broad SMARTS) is 1. The molecule has 130 valence electrons. The first-order valence-electron chi connectivity index (χ1n) is 7.94. The Morgan fingerprint density at radius 3 is 3.00 bits per heavy atom. The molecular formula is C16H16FN5O3. The molecule has 0 bridgehead atoms. The number of rotatable bonds is 5. The first kappa shape index (κ1) is 15.7. The van der Waals surface area contributed by atoms with Gasteiger partial charge in [0.25, 0.3) is 0 Å². The van der Waals surface area contributed by atoms with E-state index in [1.165, 1.54) is 6.07 Å². The maximum atomic E-state index is 13.7. The van der Waals surface area contributed by atoms with Crippen LogP contribution >= 0.6 is 0 Å². The van der Waals surface area contributed by atoms with Gasteiger partial charge in [-0.15, -0.1) is 5.10 Å². The van der Waals surface area contributed by atoms with Gasteiger partial charge in [-0.1, -0.05) is 5.21 Å². The van der Waals surface area contributed by atoms with Gasteiger partial charge in [-0.2, -0.15) is 0 Å². The van der Waals surface area contributed by atoms with Crippen LogP contribution in [0.1, 0.15) is 24.2 Å². The Labute approximate surface area is 141 Å². The summed E-state index contributed by atoms with van der Waals surface area (Å²) in [5.74, 6) is -1.37. The number of fused-ring (bicyclic) bond motifs is 1. The van der Waals surface area contributed by atoms with E-state index < -0.39 is 17.4 Å². The normalized spacial score (nSPS) is 20.4. The molecule has 8 nitrogen and oxygen atoms in total. The van der Waals surface area contributed by atoms with Crippen molar-refractivity contribution in [3.8, 4) is 0 Å². The molecule has 1 aliphatic rings. The third-order valence-electron chi connectivity index (χ3n) is 4.35. The number of nitrogens with zero attached hydrogens (tertiary/aromatic N) is 5. The van der Waals surface area contributed by atoms with Gasteiger partial charge in [0.15, 0.2) is 17.1 Å². The summed E-state index contributed by atoms with van der Waals surface area (Å²) in [6.07, 6.45) is 6.46. The van der Waals surface area contributed by atoms with E-state index in [9.17, 15) is 14.3 Å². The van der Waals surface area contributed by atoms with Crippen molar-refractivity contribution in [2.75, 3.05) is 6.61 Å². The topological polar surface area (TPSA) is 94.5 Å². The molecule has 1 N–H and O–H groups in total. The van der Waals surface area contributed by atoms with Crippen LogP contribution in [0.4, 0.5) is 4.39 Å². The molecule has 4 rings (SSSR count). The number of carboxylic acids is 1. The lowest BCUT2D eigenvalue weighted by molar-refractivity contribution is -0.160. The number of hydrogen-bond acceptors (Lipinski definition) is 5. The summed E-state index contributed by atoms with van der Waals surface area (Å²) in [5, 5.41) is 17.5. The van der Waals surface area contributed by atoms with E-state index in [1.807, 2.05) is 0 Å².